The highest BCUT2D eigenvalue weighted by Gasteiger charge is 2.33. The van der Waals surface area contributed by atoms with Crippen LogP contribution in [0.25, 0.3) is 10.9 Å². The molecule has 39 heavy (non-hydrogen) atoms. The van der Waals surface area contributed by atoms with Gasteiger partial charge >= 0.3 is 0 Å². The number of tetrazole rings is 1. The lowest BCUT2D eigenvalue weighted by Crippen LogP contribution is -2.35. The van der Waals surface area contributed by atoms with Crippen molar-refractivity contribution in [3.05, 3.63) is 111 Å². The van der Waals surface area contributed by atoms with Crippen LogP contribution in [0, 0.1) is 6.92 Å². The summed E-state index contributed by atoms with van der Waals surface area (Å²) in [6.45, 7) is 3.05. The maximum absolute atomic E-state index is 13.7. The van der Waals surface area contributed by atoms with Crippen molar-refractivity contribution in [2.45, 2.75) is 64.2 Å². The van der Waals surface area contributed by atoms with Crippen LogP contribution in [-0.4, -0.2) is 30.1 Å². The van der Waals surface area contributed by atoms with Crippen LogP contribution in [0.2, 0.25) is 5.02 Å². The van der Waals surface area contributed by atoms with Crippen molar-refractivity contribution < 1.29 is 4.42 Å². The average molecular weight is 543 g/mol. The molecule has 0 radical (unpaired) electrons. The third kappa shape index (κ3) is 5.53. The van der Waals surface area contributed by atoms with Crippen molar-refractivity contribution in [3.63, 3.8) is 0 Å². The maximum Gasteiger partial charge on any atom is 0.253 e. The zero-order valence-electron chi connectivity index (χ0n) is 21.9. The van der Waals surface area contributed by atoms with E-state index in [9.17, 15) is 4.79 Å². The number of hydrogen-bond donors (Lipinski definition) is 1. The van der Waals surface area contributed by atoms with Crippen LogP contribution in [0.3, 0.4) is 0 Å². The Morgan fingerprint density at radius 1 is 1.08 bits per heavy atom. The summed E-state index contributed by atoms with van der Waals surface area (Å²) in [5, 5.41) is 14.8. The van der Waals surface area contributed by atoms with E-state index < -0.39 is 6.04 Å². The van der Waals surface area contributed by atoms with E-state index in [-0.39, 0.29) is 11.6 Å². The highest BCUT2D eigenvalue weighted by molar-refractivity contribution is 6.30. The number of pyridine rings is 1. The number of rotatable bonds is 8. The summed E-state index contributed by atoms with van der Waals surface area (Å²) < 4.78 is 7.74. The number of aryl methyl sites for hydroxylation is 1. The van der Waals surface area contributed by atoms with Crippen LogP contribution >= 0.6 is 11.6 Å². The number of halogens is 1. The van der Waals surface area contributed by atoms with Gasteiger partial charge in [0.1, 0.15) is 11.8 Å². The van der Waals surface area contributed by atoms with Gasteiger partial charge in [-0.15, -0.1) is 5.10 Å². The minimum absolute atomic E-state index is 0.157. The third-order valence-electron chi connectivity index (χ3n) is 7.61. The zero-order chi connectivity index (χ0) is 26.8. The second-order valence-corrected chi connectivity index (χ2v) is 10.9. The van der Waals surface area contributed by atoms with Crippen molar-refractivity contribution in [1.82, 2.24) is 30.1 Å². The monoisotopic (exact) mass is 542 g/mol. The molecule has 0 unspecified atom stereocenters. The first-order chi connectivity index (χ1) is 19.0. The van der Waals surface area contributed by atoms with Gasteiger partial charge in [0.05, 0.1) is 18.8 Å². The molecule has 8 nitrogen and oxygen atoms in total. The quantitative estimate of drug-likeness (QED) is 0.245. The summed E-state index contributed by atoms with van der Waals surface area (Å²) in [4.78, 5) is 19.1. The molecular weight excluding hydrogens is 512 g/mol. The molecule has 3 heterocycles. The van der Waals surface area contributed by atoms with Gasteiger partial charge in [0, 0.05) is 22.6 Å². The first kappa shape index (κ1) is 25.5. The van der Waals surface area contributed by atoms with E-state index in [0.29, 0.717) is 29.5 Å². The molecule has 2 aromatic carbocycles. The second kappa shape index (κ2) is 11.2. The fourth-order valence-corrected chi connectivity index (χ4v) is 5.80. The third-order valence-corrected chi connectivity index (χ3v) is 7.86. The van der Waals surface area contributed by atoms with Crippen molar-refractivity contribution >= 4 is 22.5 Å². The zero-order valence-corrected chi connectivity index (χ0v) is 22.6. The molecule has 200 valence electrons. The summed E-state index contributed by atoms with van der Waals surface area (Å²) in [5.74, 6) is 1.46. The molecule has 9 heteroatoms. The molecule has 1 atom stereocenters. The Hall–Kier alpha value is -3.75. The summed E-state index contributed by atoms with van der Waals surface area (Å²) in [6.07, 6.45) is 7.22. The molecule has 1 aliphatic rings. The molecule has 1 N–H and O–H groups in total. The Balaban J connectivity index is 1.52. The Labute approximate surface area is 231 Å². The molecule has 0 spiro atoms. The fraction of sp³-hybridized carbons (Fsp3) is 0.333. The molecule has 3 aromatic heterocycles. The smallest absolute Gasteiger partial charge is 0.253 e. The summed E-state index contributed by atoms with van der Waals surface area (Å²) in [6, 6.07) is 19.3. The van der Waals surface area contributed by atoms with Crippen molar-refractivity contribution in [2.24, 2.45) is 0 Å². The van der Waals surface area contributed by atoms with Gasteiger partial charge in [0.15, 0.2) is 5.82 Å². The maximum atomic E-state index is 13.7. The SMILES string of the molecule is Cc1ccc2[nH]c(=O)c([C@@H](c3nnnn3C3CCCCC3)N(Cc3ccc(Cl)cc3)Cc3ccco3)cc2c1. The first-order valence-corrected chi connectivity index (χ1v) is 13.9. The molecule has 5 aromatic rings. The lowest BCUT2D eigenvalue weighted by Gasteiger charge is -2.32. The molecule has 6 rings (SSSR count). The predicted octanol–water partition coefficient (Wildman–Crippen LogP) is 6.37. The predicted molar refractivity (Wildman–Crippen MR) is 150 cm³/mol. The van der Waals surface area contributed by atoms with Crippen molar-refractivity contribution in [3.8, 4) is 0 Å². The second-order valence-electron chi connectivity index (χ2n) is 10.4. The van der Waals surface area contributed by atoms with Crippen LogP contribution < -0.4 is 5.56 Å². The van der Waals surface area contributed by atoms with Gasteiger partial charge in [-0.3, -0.25) is 9.69 Å². The Bertz CT molecular complexity index is 1600. The number of fused-ring (bicyclic) bond motifs is 1. The van der Waals surface area contributed by atoms with Crippen LogP contribution in [0.5, 0.6) is 0 Å². The number of furan rings is 1. The molecule has 1 fully saturated rings. The highest BCUT2D eigenvalue weighted by Crippen LogP contribution is 2.34. The molecule has 1 saturated carbocycles. The van der Waals surface area contributed by atoms with Crippen molar-refractivity contribution in [1.29, 1.82) is 0 Å². The largest absolute Gasteiger partial charge is 0.468 e. The van der Waals surface area contributed by atoms with E-state index in [0.717, 1.165) is 53.5 Å². The minimum atomic E-state index is -0.517. The number of nitrogens with one attached hydrogen (secondary N) is 1. The average Bonchev–Trinajstić information content (AvgIpc) is 3.64. The molecule has 1 aliphatic carbocycles. The standard InChI is InChI=1S/C30H31ClN6O2/c1-20-9-14-27-22(16-20)17-26(30(38)32-27)28(29-33-34-35-37(29)24-6-3-2-4-7-24)36(19-25-8-5-15-39-25)18-21-10-12-23(31)13-11-21/h5,8-17,24,28H,2-4,6-7,18-19H2,1H3,(H,32,38)/t28-/m0/s1. The Kier molecular flexibility index (Phi) is 7.30. The highest BCUT2D eigenvalue weighted by atomic mass is 35.5. The van der Waals surface area contributed by atoms with Gasteiger partial charge < -0.3 is 9.40 Å². The van der Waals surface area contributed by atoms with Crippen LogP contribution in [-0.2, 0) is 13.1 Å². The van der Waals surface area contributed by atoms with Gasteiger partial charge in [0.2, 0.25) is 0 Å². The first-order valence-electron chi connectivity index (χ1n) is 13.5. The van der Waals surface area contributed by atoms with E-state index in [2.05, 4.69) is 38.4 Å². The number of nitrogens with zero attached hydrogens (tertiary/aromatic N) is 5. The molecule has 0 saturated heterocycles. The van der Waals surface area contributed by atoms with Gasteiger partial charge in [-0.2, -0.15) is 0 Å². The lowest BCUT2D eigenvalue weighted by molar-refractivity contribution is 0.173. The van der Waals surface area contributed by atoms with E-state index in [1.54, 1.807) is 6.26 Å². The molecule has 0 bridgehead atoms. The topological polar surface area (TPSA) is 92.8 Å². The molecule has 0 amide bonds. The summed E-state index contributed by atoms with van der Waals surface area (Å²) >= 11 is 6.19. The van der Waals surface area contributed by atoms with Crippen molar-refractivity contribution in [2.75, 3.05) is 0 Å². The summed E-state index contributed by atoms with van der Waals surface area (Å²) in [7, 11) is 0. The normalized spacial score (nSPS) is 15.3. The Morgan fingerprint density at radius 2 is 1.90 bits per heavy atom. The summed E-state index contributed by atoms with van der Waals surface area (Å²) in [5.41, 5.74) is 3.42. The van der Waals surface area contributed by atoms with Gasteiger partial charge in [-0.1, -0.05) is 54.6 Å². The van der Waals surface area contributed by atoms with Gasteiger partial charge in [-0.05, 0) is 83.6 Å². The number of aromatic amines is 1. The van der Waals surface area contributed by atoms with E-state index >= 15 is 0 Å². The van der Waals surface area contributed by atoms with Crippen LogP contribution in [0.15, 0.2) is 76.1 Å². The van der Waals surface area contributed by atoms with E-state index in [4.69, 9.17) is 16.0 Å². The van der Waals surface area contributed by atoms with Gasteiger partial charge in [-0.25, -0.2) is 4.68 Å². The Morgan fingerprint density at radius 3 is 2.67 bits per heavy atom. The van der Waals surface area contributed by atoms with Crippen LogP contribution in [0.1, 0.15) is 72.5 Å². The number of benzene rings is 2. The van der Waals surface area contributed by atoms with Crippen LogP contribution in [0.4, 0.5) is 0 Å². The van der Waals surface area contributed by atoms with E-state index in [1.165, 1.54) is 6.42 Å². The fourth-order valence-electron chi connectivity index (χ4n) is 5.68. The number of aromatic nitrogens is 5. The lowest BCUT2D eigenvalue weighted by atomic mass is 9.95. The minimum Gasteiger partial charge on any atom is -0.468 e. The van der Waals surface area contributed by atoms with E-state index in [1.807, 2.05) is 59.3 Å². The molecule has 0 aliphatic heterocycles. The van der Waals surface area contributed by atoms with Gasteiger partial charge in [0.25, 0.3) is 5.56 Å². The number of H-pyrrole nitrogens is 1. The molecular formula is C30H31ClN6O2. The number of hydrogen-bond acceptors (Lipinski definition) is 6.